The largest absolute Gasteiger partial charge is 0.363 e. The van der Waals surface area contributed by atoms with Crippen LogP contribution in [-0.2, 0) is 13.6 Å². The van der Waals surface area contributed by atoms with Crippen LogP contribution in [0, 0.1) is 20.8 Å². The molecule has 0 aromatic carbocycles. The second kappa shape index (κ2) is 4.00. The van der Waals surface area contributed by atoms with E-state index in [4.69, 9.17) is 4.52 Å². The molecule has 0 saturated carbocycles. The van der Waals surface area contributed by atoms with E-state index in [0.29, 0.717) is 0 Å². The molecule has 5 nitrogen and oxygen atoms in total. The first-order valence-electron chi connectivity index (χ1n) is 5.24. The average Bonchev–Trinajstić information content (AvgIpc) is 2.72. The normalized spacial score (nSPS) is 10.8. The number of nitrogens with zero attached hydrogens (tertiary/aromatic N) is 3. The van der Waals surface area contributed by atoms with Crippen LogP contribution in [0.5, 0.6) is 0 Å². The summed E-state index contributed by atoms with van der Waals surface area (Å²) in [4.78, 5) is 0. The molecule has 2 heterocycles. The standard InChI is InChI=1S/C11H16N4O/c1-7-5-11(14-16-7)12-6-10-8(2)13-15(4)9(10)3/h5H,6H2,1-4H3,(H,12,14). The predicted molar refractivity (Wildman–Crippen MR) is 61.2 cm³/mol. The Bertz CT molecular complexity index is 498. The summed E-state index contributed by atoms with van der Waals surface area (Å²) in [7, 11) is 1.95. The molecule has 0 aliphatic carbocycles. The Morgan fingerprint density at radius 1 is 1.38 bits per heavy atom. The van der Waals surface area contributed by atoms with Crippen LogP contribution in [0.1, 0.15) is 22.7 Å². The highest BCUT2D eigenvalue weighted by Gasteiger charge is 2.09. The first-order chi connectivity index (χ1) is 7.58. The highest BCUT2D eigenvalue weighted by atomic mass is 16.5. The number of nitrogens with one attached hydrogen (secondary N) is 1. The summed E-state index contributed by atoms with van der Waals surface area (Å²) < 4.78 is 6.87. The van der Waals surface area contributed by atoms with Gasteiger partial charge in [-0.2, -0.15) is 5.10 Å². The minimum Gasteiger partial charge on any atom is -0.363 e. The van der Waals surface area contributed by atoms with Gasteiger partial charge in [0.2, 0.25) is 0 Å². The van der Waals surface area contributed by atoms with Crippen molar-refractivity contribution in [1.29, 1.82) is 0 Å². The highest BCUT2D eigenvalue weighted by molar-refractivity contribution is 5.36. The molecule has 2 aromatic heterocycles. The Labute approximate surface area is 94.4 Å². The van der Waals surface area contributed by atoms with Gasteiger partial charge in [0.15, 0.2) is 5.82 Å². The second-order valence-corrected chi connectivity index (χ2v) is 3.95. The molecule has 16 heavy (non-hydrogen) atoms. The molecule has 5 heteroatoms. The van der Waals surface area contributed by atoms with Crippen molar-refractivity contribution < 1.29 is 4.52 Å². The first kappa shape index (κ1) is 10.7. The summed E-state index contributed by atoms with van der Waals surface area (Å²) in [6, 6.07) is 1.88. The molecule has 2 aromatic rings. The molecule has 0 saturated heterocycles. The number of aromatic nitrogens is 3. The fourth-order valence-corrected chi connectivity index (χ4v) is 1.70. The van der Waals surface area contributed by atoms with Gasteiger partial charge in [0, 0.05) is 30.9 Å². The number of hydrogen-bond acceptors (Lipinski definition) is 4. The molecule has 0 amide bonds. The predicted octanol–water partition coefficient (Wildman–Crippen LogP) is 1.95. The number of rotatable bonds is 3. The summed E-state index contributed by atoms with van der Waals surface area (Å²) in [5.74, 6) is 1.57. The van der Waals surface area contributed by atoms with Crippen LogP contribution in [0.15, 0.2) is 10.6 Å². The van der Waals surface area contributed by atoms with Crippen molar-refractivity contribution in [2.45, 2.75) is 27.3 Å². The molecular formula is C11H16N4O. The number of anilines is 1. The van der Waals surface area contributed by atoms with E-state index in [-0.39, 0.29) is 0 Å². The summed E-state index contributed by atoms with van der Waals surface area (Å²) in [5, 5.41) is 11.5. The van der Waals surface area contributed by atoms with E-state index in [9.17, 15) is 0 Å². The van der Waals surface area contributed by atoms with Crippen molar-refractivity contribution in [2.75, 3.05) is 5.32 Å². The van der Waals surface area contributed by atoms with Gasteiger partial charge in [0.1, 0.15) is 5.76 Å². The monoisotopic (exact) mass is 220 g/mol. The minimum absolute atomic E-state index is 0.720. The van der Waals surface area contributed by atoms with E-state index in [2.05, 4.69) is 22.5 Å². The maximum atomic E-state index is 4.99. The van der Waals surface area contributed by atoms with Crippen LogP contribution in [0.25, 0.3) is 0 Å². The van der Waals surface area contributed by atoms with E-state index in [1.165, 1.54) is 11.3 Å². The van der Waals surface area contributed by atoms with Gasteiger partial charge in [-0.3, -0.25) is 4.68 Å². The van der Waals surface area contributed by atoms with E-state index < -0.39 is 0 Å². The summed E-state index contributed by atoms with van der Waals surface area (Å²) >= 11 is 0. The van der Waals surface area contributed by atoms with Gasteiger partial charge in [-0.1, -0.05) is 5.16 Å². The minimum atomic E-state index is 0.720. The Morgan fingerprint density at radius 3 is 2.62 bits per heavy atom. The van der Waals surface area contributed by atoms with E-state index >= 15 is 0 Å². The van der Waals surface area contributed by atoms with E-state index in [1.54, 1.807) is 0 Å². The zero-order chi connectivity index (χ0) is 11.7. The lowest BCUT2D eigenvalue weighted by Gasteiger charge is -2.02. The number of hydrogen-bond donors (Lipinski definition) is 1. The average molecular weight is 220 g/mol. The van der Waals surface area contributed by atoms with Crippen LogP contribution in [0.4, 0.5) is 5.82 Å². The zero-order valence-corrected chi connectivity index (χ0v) is 10.0. The fraction of sp³-hybridized carbons (Fsp3) is 0.455. The maximum absolute atomic E-state index is 4.99. The SMILES string of the molecule is Cc1cc(NCc2c(C)nn(C)c2C)no1. The van der Waals surface area contributed by atoms with E-state index in [0.717, 1.165) is 23.8 Å². The van der Waals surface area contributed by atoms with Crippen molar-refractivity contribution in [3.63, 3.8) is 0 Å². The lowest BCUT2D eigenvalue weighted by atomic mass is 10.2. The molecule has 2 rings (SSSR count). The molecule has 0 aliphatic rings. The van der Waals surface area contributed by atoms with Crippen molar-refractivity contribution in [3.05, 3.63) is 28.8 Å². The molecule has 86 valence electrons. The molecular weight excluding hydrogens is 204 g/mol. The van der Waals surface area contributed by atoms with Crippen LogP contribution in [-0.4, -0.2) is 14.9 Å². The van der Waals surface area contributed by atoms with Crippen molar-refractivity contribution in [3.8, 4) is 0 Å². The fourth-order valence-electron chi connectivity index (χ4n) is 1.70. The van der Waals surface area contributed by atoms with Gasteiger partial charge in [0.05, 0.1) is 5.69 Å². The van der Waals surface area contributed by atoms with Crippen molar-refractivity contribution in [1.82, 2.24) is 14.9 Å². The third kappa shape index (κ3) is 1.93. The Balaban J connectivity index is 2.10. The van der Waals surface area contributed by atoms with Gasteiger partial charge in [-0.15, -0.1) is 0 Å². The summed E-state index contributed by atoms with van der Waals surface area (Å²) in [5.41, 5.74) is 3.43. The molecule has 0 fully saturated rings. The molecule has 0 bridgehead atoms. The zero-order valence-electron chi connectivity index (χ0n) is 10.0. The van der Waals surface area contributed by atoms with Gasteiger partial charge in [-0.25, -0.2) is 0 Å². The lowest BCUT2D eigenvalue weighted by Crippen LogP contribution is -2.02. The Hall–Kier alpha value is -1.78. The topological polar surface area (TPSA) is 55.9 Å². The highest BCUT2D eigenvalue weighted by Crippen LogP contribution is 2.14. The summed E-state index contributed by atoms with van der Waals surface area (Å²) in [6.45, 7) is 6.67. The van der Waals surface area contributed by atoms with E-state index in [1.807, 2.05) is 31.6 Å². The first-order valence-corrected chi connectivity index (χ1v) is 5.24. The van der Waals surface area contributed by atoms with Crippen LogP contribution < -0.4 is 5.32 Å². The van der Waals surface area contributed by atoms with Crippen LogP contribution in [0.3, 0.4) is 0 Å². The second-order valence-electron chi connectivity index (χ2n) is 3.95. The smallest absolute Gasteiger partial charge is 0.169 e. The van der Waals surface area contributed by atoms with Crippen LogP contribution >= 0.6 is 0 Å². The Kier molecular flexibility index (Phi) is 2.68. The van der Waals surface area contributed by atoms with Gasteiger partial charge >= 0.3 is 0 Å². The van der Waals surface area contributed by atoms with Gasteiger partial charge in [0.25, 0.3) is 0 Å². The van der Waals surface area contributed by atoms with Gasteiger partial charge in [-0.05, 0) is 20.8 Å². The molecule has 0 spiro atoms. The Morgan fingerprint density at radius 2 is 2.12 bits per heavy atom. The molecule has 0 aliphatic heterocycles. The maximum Gasteiger partial charge on any atom is 0.169 e. The molecule has 0 unspecified atom stereocenters. The third-order valence-corrected chi connectivity index (χ3v) is 2.73. The molecule has 1 N–H and O–H groups in total. The summed E-state index contributed by atoms with van der Waals surface area (Å²) in [6.07, 6.45) is 0. The third-order valence-electron chi connectivity index (χ3n) is 2.73. The van der Waals surface area contributed by atoms with Crippen molar-refractivity contribution in [2.24, 2.45) is 7.05 Å². The quantitative estimate of drug-likeness (QED) is 0.858. The number of aryl methyl sites for hydroxylation is 3. The van der Waals surface area contributed by atoms with Gasteiger partial charge < -0.3 is 9.84 Å². The lowest BCUT2D eigenvalue weighted by molar-refractivity contribution is 0.399. The van der Waals surface area contributed by atoms with Crippen molar-refractivity contribution >= 4 is 5.82 Å². The molecule has 0 radical (unpaired) electrons. The molecule has 0 atom stereocenters. The van der Waals surface area contributed by atoms with Crippen LogP contribution in [0.2, 0.25) is 0 Å².